The number of benzene rings is 2. The van der Waals surface area contributed by atoms with E-state index in [0.29, 0.717) is 17.5 Å². The van der Waals surface area contributed by atoms with Gasteiger partial charge in [-0.1, -0.05) is 68.9 Å². The van der Waals surface area contributed by atoms with Gasteiger partial charge in [0.15, 0.2) is 11.0 Å². The summed E-state index contributed by atoms with van der Waals surface area (Å²) in [5.41, 5.74) is 3.36. The first kappa shape index (κ1) is 21.8. The topological polar surface area (TPSA) is 69.6 Å². The maximum absolute atomic E-state index is 5.85. The van der Waals surface area contributed by atoms with Crippen molar-refractivity contribution in [3.05, 3.63) is 64.5 Å². The maximum Gasteiger partial charge on any atom is 0.248 e. The molecule has 0 aliphatic heterocycles. The van der Waals surface area contributed by atoms with Gasteiger partial charge in [0, 0.05) is 16.6 Å². The zero-order valence-corrected chi connectivity index (χ0v) is 20.4. The highest BCUT2D eigenvalue weighted by Gasteiger charge is 2.18. The Kier molecular flexibility index (Phi) is 6.29. The zero-order chi connectivity index (χ0) is 22.0. The van der Waals surface area contributed by atoms with Crippen molar-refractivity contribution < 1.29 is 4.42 Å². The van der Waals surface area contributed by atoms with E-state index in [1.165, 1.54) is 5.56 Å². The fraction of sp³-hybridized carbons (Fsp3) is 0.304. The molecule has 2 heterocycles. The molecule has 0 aliphatic rings. The van der Waals surface area contributed by atoms with Crippen molar-refractivity contribution in [3.63, 3.8) is 0 Å². The second kappa shape index (κ2) is 8.96. The lowest BCUT2D eigenvalue weighted by atomic mass is 9.87. The molecule has 2 aromatic heterocycles. The molecule has 0 saturated carbocycles. The SMILES string of the molecule is CCn1c(SCc2nnc(-c3ccccc3Br)o2)nnc1-c1ccc(C(C)(C)C)cc1. The van der Waals surface area contributed by atoms with Crippen LogP contribution >= 0.6 is 27.7 Å². The lowest BCUT2D eigenvalue weighted by Crippen LogP contribution is -2.10. The number of hydrogen-bond donors (Lipinski definition) is 0. The van der Waals surface area contributed by atoms with Crippen LogP contribution in [0.4, 0.5) is 0 Å². The molecule has 0 atom stereocenters. The van der Waals surface area contributed by atoms with Crippen LogP contribution in [-0.2, 0) is 17.7 Å². The standard InChI is InChI=1S/C23H24BrN5OS/c1-5-29-20(15-10-12-16(13-11-15)23(2,3)4)26-28-22(29)31-14-19-25-27-21(30-19)17-8-6-7-9-18(17)24/h6-13H,5,14H2,1-4H3. The Morgan fingerprint density at radius 2 is 1.71 bits per heavy atom. The molecule has 0 saturated heterocycles. The van der Waals surface area contributed by atoms with Crippen LogP contribution in [0, 0.1) is 0 Å². The number of thioether (sulfide) groups is 1. The van der Waals surface area contributed by atoms with Crippen molar-refractivity contribution in [1.29, 1.82) is 0 Å². The van der Waals surface area contributed by atoms with E-state index < -0.39 is 0 Å². The maximum atomic E-state index is 5.85. The van der Waals surface area contributed by atoms with E-state index in [4.69, 9.17) is 4.42 Å². The third-order valence-corrected chi connectivity index (χ3v) is 6.58. The van der Waals surface area contributed by atoms with Crippen molar-refractivity contribution in [1.82, 2.24) is 25.0 Å². The first-order chi connectivity index (χ1) is 14.9. The van der Waals surface area contributed by atoms with Gasteiger partial charge in [-0.15, -0.1) is 20.4 Å². The third-order valence-electron chi connectivity index (χ3n) is 4.94. The van der Waals surface area contributed by atoms with Gasteiger partial charge in [0.1, 0.15) is 0 Å². The predicted octanol–water partition coefficient (Wildman–Crippen LogP) is 6.37. The lowest BCUT2D eigenvalue weighted by molar-refractivity contribution is 0.527. The van der Waals surface area contributed by atoms with Crippen LogP contribution in [0.5, 0.6) is 0 Å². The molecule has 31 heavy (non-hydrogen) atoms. The molecular weight excluding hydrogens is 474 g/mol. The minimum absolute atomic E-state index is 0.121. The van der Waals surface area contributed by atoms with Crippen LogP contribution in [0.2, 0.25) is 0 Å². The summed E-state index contributed by atoms with van der Waals surface area (Å²) in [5, 5.41) is 18.0. The van der Waals surface area contributed by atoms with Crippen LogP contribution < -0.4 is 0 Å². The number of halogens is 1. The largest absolute Gasteiger partial charge is 0.420 e. The monoisotopic (exact) mass is 497 g/mol. The molecule has 0 spiro atoms. The van der Waals surface area contributed by atoms with Gasteiger partial charge in [0.2, 0.25) is 11.8 Å². The minimum atomic E-state index is 0.121. The van der Waals surface area contributed by atoms with Gasteiger partial charge in [-0.25, -0.2) is 0 Å². The minimum Gasteiger partial charge on any atom is -0.420 e. The van der Waals surface area contributed by atoms with Crippen LogP contribution in [0.1, 0.15) is 39.1 Å². The molecule has 2 aromatic carbocycles. The zero-order valence-electron chi connectivity index (χ0n) is 18.0. The highest BCUT2D eigenvalue weighted by Crippen LogP contribution is 2.30. The van der Waals surface area contributed by atoms with Crippen LogP contribution in [0.25, 0.3) is 22.8 Å². The van der Waals surface area contributed by atoms with E-state index in [0.717, 1.165) is 33.1 Å². The summed E-state index contributed by atoms with van der Waals surface area (Å²) in [6.07, 6.45) is 0. The van der Waals surface area contributed by atoms with Crippen molar-refractivity contribution >= 4 is 27.7 Å². The average Bonchev–Trinajstić information content (AvgIpc) is 3.38. The summed E-state index contributed by atoms with van der Waals surface area (Å²) < 4.78 is 8.89. The molecule has 160 valence electrons. The highest BCUT2D eigenvalue weighted by molar-refractivity contribution is 9.10. The Morgan fingerprint density at radius 1 is 0.968 bits per heavy atom. The molecule has 0 amide bonds. The van der Waals surface area contributed by atoms with E-state index in [1.54, 1.807) is 11.8 Å². The summed E-state index contributed by atoms with van der Waals surface area (Å²) in [6.45, 7) is 9.51. The lowest BCUT2D eigenvalue weighted by Gasteiger charge is -2.19. The Labute approximate surface area is 194 Å². The summed E-state index contributed by atoms with van der Waals surface area (Å²) in [7, 11) is 0. The Morgan fingerprint density at radius 3 is 2.39 bits per heavy atom. The summed E-state index contributed by atoms with van der Waals surface area (Å²) >= 11 is 5.06. The average molecular weight is 498 g/mol. The van der Waals surface area contributed by atoms with Gasteiger partial charge in [-0.2, -0.15) is 0 Å². The molecule has 4 rings (SSSR count). The summed E-state index contributed by atoms with van der Waals surface area (Å²) in [6, 6.07) is 16.4. The summed E-state index contributed by atoms with van der Waals surface area (Å²) in [5.74, 6) is 2.44. The van der Waals surface area contributed by atoms with Crippen LogP contribution in [0.15, 0.2) is 62.6 Å². The van der Waals surface area contributed by atoms with Gasteiger partial charge in [-0.05, 0) is 46.0 Å². The van der Waals surface area contributed by atoms with Gasteiger partial charge in [-0.3, -0.25) is 0 Å². The fourth-order valence-electron chi connectivity index (χ4n) is 3.20. The van der Waals surface area contributed by atoms with Crippen molar-refractivity contribution in [2.24, 2.45) is 0 Å². The second-order valence-corrected chi connectivity index (χ2v) is 9.94. The predicted molar refractivity (Wildman–Crippen MR) is 127 cm³/mol. The Hall–Kier alpha value is -2.45. The smallest absolute Gasteiger partial charge is 0.248 e. The van der Waals surface area contributed by atoms with Crippen molar-refractivity contribution in [2.45, 2.75) is 50.6 Å². The van der Waals surface area contributed by atoms with Crippen LogP contribution in [0.3, 0.4) is 0 Å². The Balaban J connectivity index is 1.51. The van der Waals surface area contributed by atoms with Gasteiger partial charge in [0.05, 0.1) is 11.3 Å². The van der Waals surface area contributed by atoms with Gasteiger partial charge < -0.3 is 8.98 Å². The molecule has 6 nitrogen and oxygen atoms in total. The molecule has 0 unspecified atom stereocenters. The van der Waals surface area contributed by atoms with Gasteiger partial charge >= 0.3 is 0 Å². The normalized spacial score (nSPS) is 11.8. The molecule has 8 heteroatoms. The second-order valence-electron chi connectivity index (χ2n) is 8.15. The molecule has 4 aromatic rings. The highest BCUT2D eigenvalue weighted by atomic mass is 79.9. The first-order valence-corrected chi connectivity index (χ1v) is 11.9. The molecule has 0 N–H and O–H groups in total. The Bertz CT molecular complexity index is 1180. The molecular formula is C23H24BrN5OS. The molecule has 0 bridgehead atoms. The first-order valence-electron chi connectivity index (χ1n) is 10.1. The fourth-order valence-corrected chi connectivity index (χ4v) is 4.49. The van der Waals surface area contributed by atoms with E-state index in [9.17, 15) is 0 Å². The molecule has 0 aliphatic carbocycles. The number of rotatable bonds is 6. The van der Waals surface area contributed by atoms with Gasteiger partial charge in [0.25, 0.3) is 0 Å². The third kappa shape index (κ3) is 4.75. The molecule has 0 fully saturated rings. The van der Waals surface area contributed by atoms with E-state index in [-0.39, 0.29) is 5.41 Å². The van der Waals surface area contributed by atoms with E-state index in [1.807, 2.05) is 24.3 Å². The van der Waals surface area contributed by atoms with Crippen molar-refractivity contribution in [2.75, 3.05) is 0 Å². The summed E-state index contributed by atoms with van der Waals surface area (Å²) in [4.78, 5) is 0. The quantitative estimate of drug-likeness (QED) is 0.288. The van der Waals surface area contributed by atoms with E-state index in [2.05, 4.69) is 92.9 Å². The van der Waals surface area contributed by atoms with Crippen LogP contribution in [-0.4, -0.2) is 25.0 Å². The number of hydrogen-bond acceptors (Lipinski definition) is 6. The number of aromatic nitrogens is 5. The van der Waals surface area contributed by atoms with E-state index >= 15 is 0 Å². The number of nitrogens with zero attached hydrogens (tertiary/aromatic N) is 5. The van der Waals surface area contributed by atoms with Crippen molar-refractivity contribution in [3.8, 4) is 22.8 Å². The molecule has 0 radical (unpaired) electrons.